The van der Waals surface area contributed by atoms with Crippen molar-refractivity contribution < 1.29 is 0 Å². The lowest BCUT2D eigenvalue weighted by Gasteiger charge is -2.14. The van der Waals surface area contributed by atoms with Crippen LogP contribution in [0.1, 0.15) is 0 Å². The van der Waals surface area contributed by atoms with Crippen LogP contribution in [0.5, 0.6) is 0 Å². The predicted octanol–water partition coefficient (Wildman–Crippen LogP) is 0.410. The van der Waals surface area contributed by atoms with E-state index in [4.69, 9.17) is 5.73 Å². The standard InChI is InChI=1S/C7H13N3/c1-10(6-4-8)7-3-2-5-9-7/h2-3,5,9H,4,6,8H2,1H3. The molecule has 0 bridgehead atoms. The van der Waals surface area contributed by atoms with E-state index < -0.39 is 0 Å². The van der Waals surface area contributed by atoms with Crippen molar-refractivity contribution in [2.75, 3.05) is 25.0 Å². The summed E-state index contributed by atoms with van der Waals surface area (Å²) in [5, 5.41) is 0. The molecule has 1 aromatic heterocycles. The number of H-pyrrole nitrogens is 1. The lowest BCUT2D eigenvalue weighted by Crippen LogP contribution is -2.25. The molecule has 3 heteroatoms. The number of aromatic nitrogens is 1. The number of aromatic amines is 1. The van der Waals surface area contributed by atoms with Crippen LogP contribution in [0.15, 0.2) is 18.3 Å². The number of likely N-dealkylation sites (N-methyl/N-ethyl adjacent to an activating group) is 1. The SMILES string of the molecule is CN(CCN)c1ccc[nH]1. The molecular weight excluding hydrogens is 126 g/mol. The molecule has 0 unspecified atom stereocenters. The summed E-state index contributed by atoms with van der Waals surface area (Å²) in [6.45, 7) is 1.58. The number of nitrogens with zero attached hydrogens (tertiary/aromatic N) is 1. The average molecular weight is 139 g/mol. The van der Waals surface area contributed by atoms with Crippen molar-refractivity contribution in [3.05, 3.63) is 18.3 Å². The van der Waals surface area contributed by atoms with Gasteiger partial charge in [-0.2, -0.15) is 0 Å². The Balaban J connectivity index is 2.50. The zero-order valence-electron chi connectivity index (χ0n) is 6.17. The molecule has 0 aliphatic carbocycles. The minimum atomic E-state index is 0.690. The van der Waals surface area contributed by atoms with Gasteiger partial charge in [0.05, 0.1) is 0 Å². The average Bonchev–Trinajstić information content (AvgIpc) is 2.38. The summed E-state index contributed by atoms with van der Waals surface area (Å²) < 4.78 is 0. The number of rotatable bonds is 3. The first kappa shape index (κ1) is 7.15. The van der Waals surface area contributed by atoms with Gasteiger partial charge >= 0.3 is 0 Å². The smallest absolute Gasteiger partial charge is 0.105 e. The van der Waals surface area contributed by atoms with Crippen molar-refractivity contribution in [3.63, 3.8) is 0 Å². The molecule has 10 heavy (non-hydrogen) atoms. The molecule has 0 fully saturated rings. The second-order valence-corrected chi connectivity index (χ2v) is 2.27. The monoisotopic (exact) mass is 139 g/mol. The van der Waals surface area contributed by atoms with E-state index in [1.165, 1.54) is 0 Å². The predicted molar refractivity (Wildman–Crippen MR) is 43.1 cm³/mol. The molecule has 1 heterocycles. The Morgan fingerprint density at radius 3 is 3.00 bits per heavy atom. The third-order valence-electron chi connectivity index (χ3n) is 1.46. The lowest BCUT2D eigenvalue weighted by molar-refractivity contribution is 0.873. The maximum Gasteiger partial charge on any atom is 0.105 e. The fraction of sp³-hybridized carbons (Fsp3) is 0.429. The first-order chi connectivity index (χ1) is 4.84. The Hall–Kier alpha value is -0.960. The zero-order valence-corrected chi connectivity index (χ0v) is 6.17. The van der Waals surface area contributed by atoms with Crippen LogP contribution in [0.3, 0.4) is 0 Å². The molecule has 0 aromatic carbocycles. The number of anilines is 1. The highest BCUT2D eigenvalue weighted by atomic mass is 15.2. The van der Waals surface area contributed by atoms with Gasteiger partial charge in [-0.15, -0.1) is 0 Å². The van der Waals surface area contributed by atoms with E-state index in [1.54, 1.807) is 0 Å². The van der Waals surface area contributed by atoms with E-state index in [-0.39, 0.29) is 0 Å². The van der Waals surface area contributed by atoms with Gasteiger partial charge in [-0.05, 0) is 12.1 Å². The number of hydrogen-bond acceptors (Lipinski definition) is 2. The summed E-state index contributed by atoms with van der Waals surface area (Å²) >= 11 is 0. The largest absolute Gasteiger partial charge is 0.360 e. The van der Waals surface area contributed by atoms with Crippen molar-refractivity contribution >= 4 is 5.82 Å². The zero-order chi connectivity index (χ0) is 7.40. The summed E-state index contributed by atoms with van der Waals surface area (Å²) in [4.78, 5) is 5.18. The number of hydrogen-bond donors (Lipinski definition) is 2. The maximum absolute atomic E-state index is 5.38. The molecular formula is C7H13N3. The molecule has 0 saturated heterocycles. The van der Waals surface area contributed by atoms with Gasteiger partial charge in [-0.3, -0.25) is 0 Å². The van der Waals surface area contributed by atoms with E-state index >= 15 is 0 Å². The minimum Gasteiger partial charge on any atom is -0.360 e. The highest BCUT2D eigenvalue weighted by molar-refractivity contribution is 5.37. The van der Waals surface area contributed by atoms with Gasteiger partial charge in [-0.1, -0.05) is 0 Å². The van der Waals surface area contributed by atoms with Crippen LogP contribution in [-0.2, 0) is 0 Å². The quantitative estimate of drug-likeness (QED) is 0.637. The Bertz CT molecular complexity index is 169. The Morgan fingerprint density at radius 2 is 2.50 bits per heavy atom. The lowest BCUT2D eigenvalue weighted by atomic mass is 10.5. The summed E-state index contributed by atoms with van der Waals surface area (Å²) in [7, 11) is 2.01. The summed E-state index contributed by atoms with van der Waals surface area (Å²) in [6.07, 6.45) is 1.91. The summed E-state index contributed by atoms with van der Waals surface area (Å²) in [6, 6.07) is 4.00. The van der Waals surface area contributed by atoms with E-state index in [2.05, 4.69) is 9.88 Å². The van der Waals surface area contributed by atoms with Crippen LogP contribution in [0.4, 0.5) is 5.82 Å². The number of nitrogens with two attached hydrogens (primary N) is 1. The van der Waals surface area contributed by atoms with Crippen LogP contribution in [0.25, 0.3) is 0 Å². The van der Waals surface area contributed by atoms with E-state index in [9.17, 15) is 0 Å². The molecule has 1 rings (SSSR count). The normalized spacial score (nSPS) is 9.80. The Kier molecular flexibility index (Phi) is 2.34. The van der Waals surface area contributed by atoms with Gasteiger partial charge in [-0.25, -0.2) is 0 Å². The fourth-order valence-electron chi connectivity index (χ4n) is 0.872. The molecule has 0 aliphatic heterocycles. The molecule has 0 amide bonds. The minimum absolute atomic E-state index is 0.690. The second kappa shape index (κ2) is 3.27. The van der Waals surface area contributed by atoms with Gasteiger partial charge in [0.15, 0.2) is 0 Å². The topological polar surface area (TPSA) is 45.0 Å². The van der Waals surface area contributed by atoms with Gasteiger partial charge in [0.2, 0.25) is 0 Å². The summed E-state index contributed by atoms with van der Waals surface area (Å²) in [5.74, 6) is 1.12. The molecule has 3 nitrogen and oxygen atoms in total. The highest BCUT2D eigenvalue weighted by Gasteiger charge is 1.96. The Morgan fingerprint density at radius 1 is 1.70 bits per heavy atom. The van der Waals surface area contributed by atoms with E-state index in [0.29, 0.717) is 6.54 Å². The molecule has 0 atom stereocenters. The van der Waals surface area contributed by atoms with Crippen LogP contribution < -0.4 is 10.6 Å². The van der Waals surface area contributed by atoms with Crippen LogP contribution in [0.2, 0.25) is 0 Å². The van der Waals surface area contributed by atoms with Crippen LogP contribution in [0, 0.1) is 0 Å². The van der Waals surface area contributed by atoms with E-state index in [0.717, 1.165) is 12.4 Å². The van der Waals surface area contributed by atoms with Crippen molar-refractivity contribution in [2.45, 2.75) is 0 Å². The first-order valence-electron chi connectivity index (χ1n) is 3.39. The van der Waals surface area contributed by atoms with Gasteiger partial charge < -0.3 is 15.6 Å². The van der Waals surface area contributed by atoms with Crippen LogP contribution >= 0.6 is 0 Å². The molecule has 56 valence electrons. The fourth-order valence-corrected chi connectivity index (χ4v) is 0.872. The van der Waals surface area contributed by atoms with Crippen LogP contribution in [-0.4, -0.2) is 25.1 Å². The summed E-state index contributed by atoms with van der Waals surface area (Å²) in [5.41, 5.74) is 5.38. The Labute approximate surface area is 60.8 Å². The molecule has 0 aliphatic rings. The van der Waals surface area contributed by atoms with Crippen molar-refractivity contribution in [1.29, 1.82) is 0 Å². The molecule has 1 aromatic rings. The first-order valence-corrected chi connectivity index (χ1v) is 3.39. The van der Waals surface area contributed by atoms with E-state index in [1.807, 2.05) is 25.4 Å². The van der Waals surface area contributed by atoms with Crippen molar-refractivity contribution in [3.8, 4) is 0 Å². The third kappa shape index (κ3) is 1.51. The van der Waals surface area contributed by atoms with Crippen molar-refractivity contribution in [2.24, 2.45) is 5.73 Å². The van der Waals surface area contributed by atoms with Gasteiger partial charge in [0.25, 0.3) is 0 Å². The molecule has 0 radical (unpaired) electrons. The third-order valence-corrected chi connectivity index (χ3v) is 1.46. The van der Waals surface area contributed by atoms with Gasteiger partial charge in [0, 0.05) is 26.3 Å². The van der Waals surface area contributed by atoms with Crippen molar-refractivity contribution in [1.82, 2.24) is 4.98 Å². The molecule has 0 spiro atoms. The number of nitrogens with one attached hydrogen (secondary N) is 1. The molecule has 3 N–H and O–H groups in total. The maximum atomic E-state index is 5.38. The second-order valence-electron chi connectivity index (χ2n) is 2.27. The van der Waals surface area contributed by atoms with Gasteiger partial charge in [0.1, 0.15) is 5.82 Å². The highest BCUT2D eigenvalue weighted by Crippen LogP contribution is 2.05. The molecule has 0 saturated carbocycles.